The van der Waals surface area contributed by atoms with E-state index in [9.17, 15) is 14.9 Å². The van der Waals surface area contributed by atoms with E-state index in [2.05, 4.69) is 10.6 Å². The summed E-state index contributed by atoms with van der Waals surface area (Å²) in [6, 6.07) is 19.1. The van der Waals surface area contributed by atoms with Gasteiger partial charge in [0, 0.05) is 22.5 Å². The van der Waals surface area contributed by atoms with Crippen LogP contribution in [0.3, 0.4) is 0 Å². The molecule has 0 spiro atoms. The lowest BCUT2D eigenvalue weighted by atomic mass is 10.2. The van der Waals surface area contributed by atoms with Crippen molar-refractivity contribution in [1.29, 1.82) is 5.26 Å². The van der Waals surface area contributed by atoms with Crippen LogP contribution < -0.4 is 10.6 Å². The van der Waals surface area contributed by atoms with Crippen LogP contribution in [0.15, 0.2) is 76.2 Å². The molecule has 2 rings (SSSR count). The van der Waals surface area contributed by atoms with Crippen LogP contribution in [0.5, 0.6) is 0 Å². The molecule has 144 valence electrons. The first-order valence-corrected chi connectivity index (χ1v) is 9.58. The minimum absolute atomic E-state index is 0.0802. The van der Waals surface area contributed by atoms with Gasteiger partial charge in [0.15, 0.2) is 0 Å². The highest BCUT2D eigenvalue weighted by Gasteiger charge is 2.12. The molecular formula is C21H21N3O3S. The molecule has 0 aliphatic rings. The summed E-state index contributed by atoms with van der Waals surface area (Å²) in [5, 5.41) is 14.8. The predicted octanol–water partition coefficient (Wildman–Crippen LogP) is 3.73. The maximum atomic E-state index is 12.4. The minimum atomic E-state index is -0.521. The fourth-order valence-electron chi connectivity index (χ4n) is 2.19. The van der Waals surface area contributed by atoms with Crippen molar-refractivity contribution in [2.45, 2.75) is 23.1 Å². The van der Waals surface area contributed by atoms with Gasteiger partial charge in [-0.3, -0.25) is 9.59 Å². The van der Waals surface area contributed by atoms with Crippen LogP contribution in [0.2, 0.25) is 0 Å². The van der Waals surface area contributed by atoms with Gasteiger partial charge in [0.05, 0.1) is 18.7 Å². The molecule has 0 aliphatic heterocycles. The average molecular weight is 395 g/mol. The van der Waals surface area contributed by atoms with Crippen molar-refractivity contribution in [3.05, 3.63) is 66.4 Å². The number of para-hydroxylation sites is 1. The van der Waals surface area contributed by atoms with E-state index in [-0.39, 0.29) is 24.5 Å². The molecule has 1 amide bonds. The third-order valence-corrected chi connectivity index (χ3v) is 4.58. The van der Waals surface area contributed by atoms with Crippen LogP contribution in [0.4, 0.5) is 5.69 Å². The van der Waals surface area contributed by atoms with Gasteiger partial charge in [-0.1, -0.05) is 42.1 Å². The molecule has 0 unspecified atom stereocenters. The van der Waals surface area contributed by atoms with Gasteiger partial charge in [-0.05, 0) is 31.2 Å². The Morgan fingerprint density at radius 2 is 1.86 bits per heavy atom. The van der Waals surface area contributed by atoms with E-state index in [0.29, 0.717) is 12.3 Å². The standard InChI is InChI=1S/C21H21N3O3S/c1-2-27-20(25)12-13-23-15-16(14-22)21(26)24-18-10-6-7-11-19(18)28-17-8-4-3-5-9-17/h3-11,15,23H,2,12-13H2,1H3,(H,24,26)/b16-15-. The van der Waals surface area contributed by atoms with Crippen LogP contribution in [0.25, 0.3) is 0 Å². The number of ether oxygens (including phenoxy) is 1. The Morgan fingerprint density at radius 3 is 2.57 bits per heavy atom. The lowest BCUT2D eigenvalue weighted by Gasteiger charge is -2.10. The number of nitriles is 1. The van der Waals surface area contributed by atoms with Crippen LogP contribution in [0.1, 0.15) is 13.3 Å². The number of esters is 1. The van der Waals surface area contributed by atoms with Crippen LogP contribution in [-0.2, 0) is 14.3 Å². The lowest BCUT2D eigenvalue weighted by Crippen LogP contribution is -2.19. The molecule has 7 heteroatoms. The summed E-state index contributed by atoms with van der Waals surface area (Å²) in [4.78, 5) is 25.6. The number of hydrogen-bond acceptors (Lipinski definition) is 6. The molecule has 0 saturated heterocycles. The molecule has 2 aromatic carbocycles. The van der Waals surface area contributed by atoms with Gasteiger partial charge in [0.2, 0.25) is 0 Å². The maximum absolute atomic E-state index is 12.4. The van der Waals surface area contributed by atoms with Gasteiger partial charge in [0.1, 0.15) is 11.6 Å². The molecule has 0 saturated carbocycles. The smallest absolute Gasteiger partial charge is 0.307 e. The number of rotatable bonds is 9. The second kappa shape index (κ2) is 11.5. The number of nitrogens with one attached hydrogen (secondary N) is 2. The summed E-state index contributed by atoms with van der Waals surface area (Å²) in [5.74, 6) is -0.856. The normalized spacial score (nSPS) is 10.6. The lowest BCUT2D eigenvalue weighted by molar-refractivity contribution is -0.142. The van der Waals surface area contributed by atoms with E-state index in [1.165, 1.54) is 18.0 Å². The van der Waals surface area contributed by atoms with Crippen molar-refractivity contribution >= 4 is 29.3 Å². The van der Waals surface area contributed by atoms with Gasteiger partial charge in [-0.15, -0.1) is 0 Å². The Kier molecular flexibility index (Phi) is 8.63. The van der Waals surface area contributed by atoms with E-state index in [4.69, 9.17) is 4.74 Å². The molecule has 0 bridgehead atoms. The Bertz CT molecular complexity index is 876. The van der Waals surface area contributed by atoms with E-state index in [1.54, 1.807) is 13.0 Å². The zero-order chi connectivity index (χ0) is 20.2. The second-order valence-corrected chi connectivity index (χ2v) is 6.66. The highest BCUT2D eigenvalue weighted by atomic mass is 32.2. The van der Waals surface area contributed by atoms with Crippen molar-refractivity contribution in [3.8, 4) is 6.07 Å². The van der Waals surface area contributed by atoms with Crippen molar-refractivity contribution in [1.82, 2.24) is 5.32 Å². The van der Waals surface area contributed by atoms with Crippen LogP contribution >= 0.6 is 11.8 Å². The molecule has 0 radical (unpaired) electrons. The molecule has 0 aliphatic carbocycles. The number of anilines is 1. The topological polar surface area (TPSA) is 91.2 Å². The highest BCUT2D eigenvalue weighted by Crippen LogP contribution is 2.33. The summed E-state index contributed by atoms with van der Waals surface area (Å²) in [7, 11) is 0. The summed E-state index contributed by atoms with van der Waals surface area (Å²) in [5.41, 5.74) is 0.539. The molecular weight excluding hydrogens is 374 g/mol. The molecule has 0 heterocycles. The highest BCUT2D eigenvalue weighted by molar-refractivity contribution is 7.99. The molecule has 0 fully saturated rings. The minimum Gasteiger partial charge on any atom is -0.466 e. The largest absolute Gasteiger partial charge is 0.466 e. The first-order chi connectivity index (χ1) is 13.6. The Labute approximate surface area is 168 Å². The summed E-state index contributed by atoms with van der Waals surface area (Å²) >= 11 is 1.52. The zero-order valence-corrected chi connectivity index (χ0v) is 16.3. The fourth-order valence-corrected chi connectivity index (χ4v) is 3.12. The van der Waals surface area contributed by atoms with Crippen molar-refractivity contribution in [2.24, 2.45) is 0 Å². The zero-order valence-electron chi connectivity index (χ0n) is 15.5. The number of hydrogen-bond donors (Lipinski definition) is 2. The SMILES string of the molecule is CCOC(=O)CCN/C=C(/C#N)C(=O)Nc1ccccc1Sc1ccccc1. The van der Waals surface area contributed by atoms with E-state index >= 15 is 0 Å². The molecule has 0 aromatic heterocycles. The first-order valence-electron chi connectivity index (χ1n) is 8.76. The quantitative estimate of drug-likeness (QED) is 0.291. The summed E-state index contributed by atoms with van der Waals surface area (Å²) in [6.07, 6.45) is 1.46. The van der Waals surface area contributed by atoms with Crippen LogP contribution in [0, 0.1) is 11.3 Å². The maximum Gasteiger partial charge on any atom is 0.307 e. The number of nitrogens with zero attached hydrogens (tertiary/aromatic N) is 1. The summed E-state index contributed by atoms with van der Waals surface area (Å²) in [6.45, 7) is 2.33. The molecule has 0 atom stereocenters. The number of amides is 1. The second-order valence-electron chi connectivity index (χ2n) is 5.54. The number of carbonyl (C=O) groups excluding carboxylic acids is 2. The van der Waals surface area contributed by atoms with Gasteiger partial charge >= 0.3 is 5.97 Å². The third-order valence-electron chi connectivity index (χ3n) is 3.50. The van der Waals surface area contributed by atoms with E-state index < -0.39 is 5.91 Å². The van der Waals surface area contributed by atoms with Crippen molar-refractivity contribution < 1.29 is 14.3 Å². The fraction of sp³-hybridized carbons (Fsp3) is 0.190. The number of benzene rings is 2. The van der Waals surface area contributed by atoms with Crippen molar-refractivity contribution in [2.75, 3.05) is 18.5 Å². The first kappa shape index (κ1) is 21.1. The molecule has 6 nitrogen and oxygen atoms in total. The summed E-state index contributed by atoms with van der Waals surface area (Å²) < 4.78 is 4.82. The van der Waals surface area contributed by atoms with Gasteiger partial charge in [0.25, 0.3) is 5.91 Å². The molecule has 2 aromatic rings. The monoisotopic (exact) mass is 395 g/mol. The Balaban J connectivity index is 2.00. The van der Waals surface area contributed by atoms with Crippen molar-refractivity contribution in [3.63, 3.8) is 0 Å². The van der Waals surface area contributed by atoms with Gasteiger partial charge < -0.3 is 15.4 Å². The van der Waals surface area contributed by atoms with Crippen LogP contribution in [-0.4, -0.2) is 25.0 Å². The number of carbonyl (C=O) groups is 2. The average Bonchev–Trinajstić information content (AvgIpc) is 2.70. The molecule has 28 heavy (non-hydrogen) atoms. The van der Waals surface area contributed by atoms with Gasteiger partial charge in [-0.25, -0.2) is 0 Å². The Morgan fingerprint density at radius 1 is 1.14 bits per heavy atom. The third kappa shape index (κ3) is 6.82. The Hall–Kier alpha value is -3.24. The van der Waals surface area contributed by atoms with E-state index in [0.717, 1.165) is 9.79 Å². The van der Waals surface area contributed by atoms with Gasteiger partial charge in [-0.2, -0.15) is 5.26 Å². The van der Waals surface area contributed by atoms with E-state index in [1.807, 2.05) is 54.6 Å². The predicted molar refractivity (Wildman–Crippen MR) is 109 cm³/mol. The molecule has 2 N–H and O–H groups in total.